The lowest BCUT2D eigenvalue weighted by molar-refractivity contribution is -0.113. The maximum absolute atomic E-state index is 12.4. The third kappa shape index (κ3) is 5.62. The van der Waals surface area contributed by atoms with Crippen LogP contribution in [0, 0.1) is 0 Å². The lowest BCUT2D eigenvalue weighted by Gasteiger charge is -2.24. The number of rotatable bonds is 8. The van der Waals surface area contributed by atoms with E-state index in [-0.39, 0.29) is 10.8 Å². The molecule has 25 heavy (non-hydrogen) atoms. The fourth-order valence-corrected chi connectivity index (χ4v) is 4.73. The summed E-state index contributed by atoms with van der Waals surface area (Å²) >= 11 is 1.68. The molecule has 1 fully saturated rings. The van der Waals surface area contributed by atoms with E-state index in [1.54, 1.807) is 17.8 Å². The van der Waals surface area contributed by atoms with Crippen LogP contribution in [0.15, 0.2) is 23.1 Å². The number of hydrogen-bond acceptors (Lipinski definition) is 5. The van der Waals surface area contributed by atoms with Crippen LogP contribution in [-0.4, -0.2) is 38.4 Å². The topological polar surface area (TPSA) is 92.5 Å². The van der Waals surface area contributed by atoms with Gasteiger partial charge in [-0.3, -0.25) is 4.79 Å². The van der Waals surface area contributed by atoms with Crippen LogP contribution in [0.5, 0.6) is 0 Å². The minimum Gasteiger partial charge on any atom is -0.370 e. The van der Waals surface area contributed by atoms with E-state index in [0.717, 1.165) is 18.8 Å². The summed E-state index contributed by atoms with van der Waals surface area (Å²) in [6.07, 6.45) is 4.82. The van der Waals surface area contributed by atoms with E-state index in [4.69, 9.17) is 5.14 Å². The van der Waals surface area contributed by atoms with Gasteiger partial charge in [0.2, 0.25) is 15.9 Å². The SMILES string of the molecule is CCN(CC)c1ccc(S(N)(=O)=O)cc1NC(=O)CSC1CCCC1. The van der Waals surface area contributed by atoms with Gasteiger partial charge in [0.25, 0.3) is 0 Å². The number of primary sulfonamides is 1. The standard InChI is InChI=1S/C17H27N3O3S2/c1-3-20(4-2)16-10-9-14(25(18,22)23)11-15(16)19-17(21)12-24-13-7-5-6-8-13/h9-11,13H,3-8,12H2,1-2H3,(H,19,21)(H2,18,22,23). The Balaban J connectivity index is 2.17. The molecule has 0 bridgehead atoms. The fraction of sp³-hybridized carbons (Fsp3) is 0.588. The monoisotopic (exact) mass is 385 g/mol. The Morgan fingerprint density at radius 2 is 1.92 bits per heavy atom. The van der Waals surface area contributed by atoms with Crippen LogP contribution in [0.4, 0.5) is 11.4 Å². The molecule has 140 valence electrons. The van der Waals surface area contributed by atoms with E-state index in [1.807, 2.05) is 13.8 Å². The average Bonchev–Trinajstić information content (AvgIpc) is 3.08. The maximum atomic E-state index is 12.4. The van der Waals surface area contributed by atoms with Gasteiger partial charge in [-0.05, 0) is 44.9 Å². The van der Waals surface area contributed by atoms with E-state index in [1.165, 1.54) is 37.8 Å². The zero-order valence-corrected chi connectivity index (χ0v) is 16.5. The number of thioether (sulfide) groups is 1. The fourth-order valence-electron chi connectivity index (χ4n) is 3.07. The molecule has 1 aliphatic carbocycles. The highest BCUT2D eigenvalue weighted by atomic mass is 32.2. The Hall–Kier alpha value is -1.25. The third-order valence-corrected chi connectivity index (χ3v) is 6.71. The number of anilines is 2. The normalized spacial score (nSPS) is 15.3. The summed E-state index contributed by atoms with van der Waals surface area (Å²) in [5.41, 5.74) is 1.30. The molecule has 0 spiro atoms. The molecule has 6 nitrogen and oxygen atoms in total. The number of carbonyl (C=O) groups is 1. The summed E-state index contributed by atoms with van der Waals surface area (Å²) in [5, 5.41) is 8.66. The van der Waals surface area contributed by atoms with Crippen molar-refractivity contribution >= 4 is 39.1 Å². The van der Waals surface area contributed by atoms with Crippen molar-refractivity contribution in [2.24, 2.45) is 5.14 Å². The number of sulfonamides is 1. The molecule has 1 aromatic rings. The van der Waals surface area contributed by atoms with Gasteiger partial charge in [-0.1, -0.05) is 12.8 Å². The zero-order valence-electron chi connectivity index (χ0n) is 14.8. The number of nitrogens with one attached hydrogen (secondary N) is 1. The molecule has 0 aliphatic heterocycles. The summed E-state index contributed by atoms with van der Waals surface area (Å²) in [5.74, 6) is 0.263. The lowest BCUT2D eigenvalue weighted by Crippen LogP contribution is -2.25. The molecule has 1 aliphatic rings. The van der Waals surface area contributed by atoms with Crippen LogP contribution in [-0.2, 0) is 14.8 Å². The van der Waals surface area contributed by atoms with Crippen LogP contribution in [0.2, 0.25) is 0 Å². The molecule has 2 rings (SSSR count). The van der Waals surface area contributed by atoms with Crippen LogP contribution in [0.3, 0.4) is 0 Å². The molecular formula is C17H27N3O3S2. The molecule has 8 heteroatoms. The predicted molar refractivity (Wildman–Crippen MR) is 105 cm³/mol. The smallest absolute Gasteiger partial charge is 0.238 e. The second-order valence-corrected chi connectivity index (χ2v) is 9.01. The first-order valence-corrected chi connectivity index (χ1v) is 11.3. The van der Waals surface area contributed by atoms with Crippen LogP contribution >= 0.6 is 11.8 Å². The zero-order chi connectivity index (χ0) is 18.4. The number of amides is 1. The molecule has 3 N–H and O–H groups in total. The highest BCUT2D eigenvalue weighted by Crippen LogP contribution is 2.31. The van der Waals surface area contributed by atoms with Crippen LogP contribution in [0.1, 0.15) is 39.5 Å². The van der Waals surface area contributed by atoms with Gasteiger partial charge in [0.05, 0.1) is 22.0 Å². The quantitative estimate of drug-likeness (QED) is 0.718. The van der Waals surface area contributed by atoms with Gasteiger partial charge >= 0.3 is 0 Å². The second-order valence-electron chi connectivity index (χ2n) is 6.16. The Bertz CT molecular complexity index is 697. The van der Waals surface area contributed by atoms with Gasteiger partial charge < -0.3 is 10.2 Å². The second kappa shape index (κ2) is 8.91. The molecule has 1 aromatic carbocycles. The van der Waals surface area contributed by atoms with E-state index >= 15 is 0 Å². The van der Waals surface area contributed by atoms with Gasteiger partial charge in [0.15, 0.2) is 0 Å². The van der Waals surface area contributed by atoms with Crippen molar-refractivity contribution in [1.82, 2.24) is 0 Å². The lowest BCUT2D eigenvalue weighted by atomic mass is 10.2. The van der Waals surface area contributed by atoms with E-state index in [2.05, 4.69) is 10.2 Å². The summed E-state index contributed by atoms with van der Waals surface area (Å²) in [4.78, 5) is 14.4. The van der Waals surface area contributed by atoms with E-state index < -0.39 is 10.0 Å². The summed E-state index contributed by atoms with van der Waals surface area (Å²) in [6, 6.07) is 4.62. The maximum Gasteiger partial charge on any atom is 0.238 e. The first kappa shape index (κ1) is 20.1. The molecule has 0 atom stereocenters. The van der Waals surface area contributed by atoms with Gasteiger partial charge in [0, 0.05) is 18.3 Å². The van der Waals surface area contributed by atoms with E-state index in [0.29, 0.717) is 16.7 Å². The van der Waals surface area contributed by atoms with Crippen molar-refractivity contribution in [2.75, 3.05) is 29.1 Å². The van der Waals surface area contributed by atoms with Gasteiger partial charge in [-0.15, -0.1) is 11.8 Å². The average molecular weight is 386 g/mol. The Kier molecular flexibility index (Phi) is 7.15. The number of nitrogens with zero attached hydrogens (tertiary/aromatic N) is 1. The molecule has 0 heterocycles. The Morgan fingerprint density at radius 3 is 2.48 bits per heavy atom. The van der Waals surface area contributed by atoms with E-state index in [9.17, 15) is 13.2 Å². The largest absolute Gasteiger partial charge is 0.370 e. The minimum absolute atomic E-state index is 0.00199. The highest BCUT2D eigenvalue weighted by Gasteiger charge is 2.19. The molecule has 0 aromatic heterocycles. The Labute approximate surface area is 154 Å². The van der Waals surface area contributed by atoms with Crippen molar-refractivity contribution in [3.63, 3.8) is 0 Å². The number of benzene rings is 1. The molecule has 0 saturated heterocycles. The van der Waals surface area contributed by atoms with Gasteiger partial charge in [0.1, 0.15) is 0 Å². The molecule has 0 radical (unpaired) electrons. The first-order chi connectivity index (χ1) is 11.8. The third-order valence-electron chi connectivity index (χ3n) is 4.43. The van der Waals surface area contributed by atoms with Crippen molar-refractivity contribution in [3.8, 4) is 0 Å². The molecular weight excluding hydrogens is 358 g/mol. The van der Waals surface area contributed by atoms with Gasteiger partial charge in [-0.2, -0.15) is 0 Å². The molecule has 1 amide bonds. The predicted octanol–water partition coefficient (Wildman–Crippen LogP) is 2.79. The minimum atomic E-state index is -3.82. The number of hydrogen-bond donors (Lipinski definition) is 2. The first-order valence-electron chi connectivity index (χ1n) is 8.68. The molecule has 1 saturated carbocycles. The summed E-state index contributed by atoms with van der Waals surface area (Å²) in [7, 11) is -3.82. The Morgan fingerprint density at radius 1 is 1.28 bits per heavy atom. The molecule has 0 unspecified atom stereocenters. The van der Waals surface area contributed by atoms with Crippen LogP contribution < -0.4 is 15.4 Å². The number of carbonyl (C=O) groups excluding carboxylic acids is 1. The number of nitrogens with two attached hydrogens (primary N) is 1. The summed E-state index contributed by atoms with van der Waals surface area (Å²) < 4.78 is 23.3. The van der Waals surface area contributed by atoms with Crippen LogP contribution in [0.25, 0.3) is 0 Å². The van der Waals surface area contributed by atoms with Crippen molar-refractivity contribution in [3.05, 3.63) is 18.2 Å². The highest BCUT2D eigenvalue weighted by molar-refractivity contribution is 8.00. The van der Waals surface area contributed by atoms with Crippen molar-refractivity contribution in [2.45, 2.75) is 49.7 Å². The van der Waals surface area contributed by atoms with Crippen molar-refractivity contribution < 1.29 is 13.2 Å². The van der Waals surface area contributed by atoms with Crippen molar-refractivity contribution in [1.29, 1.82) is 0 Å². The summed E-state index contributed by atoms with van der Waals surface area (Å²) in [6.45, 7) is 5.53. The van der Waals surface area contributed by atoms with Gasteiger partial charge in [-0.25, -0.2) is 13.6 Å².